The average Bonchev–Trinajstić information content (AvgIpc) is 3.47. The first-order valence-corrected chi connectivity index (χ1v) is 14.8. The summed E-state index contributed by atoms with van der Waals surface area (Å²) >= 11 is 0. The molecule has 10 nitrogen and oxygen atoms in total. The molecule has 0 aliphatic carbocycles. The minimum atomic E-state index is -0.552. The molecule has 6 rings (SSSR count). The first-order chi connectivity index (χ1) is 20.9. The van der Waals surface area contributed by atoms with E-state index in [1.54, 1.807) is 27.8 Å². The Kier molecular flexibility index (Phi) is 7.35. The number of hydrogen-bond donors (Lipinski definition) is 1. The van der Waals surface area contributed by atoms with Crippen LogP contribution in [0.3, 0.4) is 0 Å². The Morgan fingerprint density at radius 3 is 2.59 bits per heavy atom. The molecule has 228 valence electrons. The summed E-state index contributed by atoms with van der Waals surface area (Å²) in [7, 11) is 0. The van der Waals surface area contributed by atoms with Crippen LogP contribution < -0.4 is 5.69 Å². The topological polar surface area (TPSA) is 111 Å². The number of carbonyl (C=O) groups is 1. The van der Waals surface area contributed by atoms with Crippen LogP contribution in [-0.4, -0.2) is 52.4 Å². The second-order valence-electron chi connectivity index (χ2n) is 12.5. The maximum absolute atomic E-state index is 14.7. The predicted octanol–water partition coefficient (Wildman–Crippen LogP) is 5.88. The van der Waals surface area contributed by atoms with Gasteiger partial charge in [0.1, 0.15) is 16.9 Å². The molecule has 0 atom stereocenters. The third-order valence-electron chi connectivity index (χ3n) is 7.85. The Labute approximate surface area is 254 Å². The highest BCUT2D eigenvalue weighted by Crippen LogP contribution is 2.30. The molecule has 0 unspecified atom stereocenters. The predicted molar refractivity (Wildman–Crippen MR) is 165 cm³/mol. The lowest BCUT2D eigenvalue weighted by molar-refractivity contribution is 0.0223. The Morgan fingerprint density at radius 2 is 1.89 bits per heavy atom. The van der Waals surface area contributed by atoms with Gasteiger partial charge in [0, 0.05) is 35.3 Å². The van der Waals surface area contributed by atoms with E-state index in [9.17, 15) is 14.0 Å². The van der Waals surface area contributed by atoms with Crippen LogP contribution in [0.15, 0.2) is 53.5 Å². The van der Waals surface area contributed by atoms with E-state index >= 15 is 0 Å². The zero-order chi connectivity index (χ0) is 31.3. The molecule has 0 fully saturated rings. The van der Waals surface area contributed by atoms with Gasteiger partial charge in [0.2, 0.25) is 0 Å². The lowest BCUT2D eigenvalue weighted by Gasteiger charge is -2.29. The fraction of sp³-hybridized carbons (Fsp3) is 0.364. The number of fused-ring (bicyclic) bond motifs is 2. The normalized spacial score (nSPS) is 13.5. The van der Waals surface area contributed by atoms with E-state index in [-0.39, 0.29) is 30.1 Å². The standard InChI is InChI=1S/C33H36FN7O3/c1-19(2)28-23(8-7-9-25(28)34)29-35-16-27-30(37-29)40(31(42)36-27)17-21-10-12-22(13-11-21)41-20(3)24-18-39(15-14-26(24)38-41)32(43)44-33(4,5)6/h7-13,16,19H,14-15,17-18H2,1-6H3,(H,36,42). The number of nitrogens with one attached hydrogen (secondary N) is 1. The number of halogens is 1. The van der Waals surface area contributed by atoms with Crippen molar-refractivity contribution in [2.24, 2.45) is 0 Å². The van der Waals surface area contributed by atoms with Gasteiger partial charge in [-0.05, 0) is 57.4 Å². The molecule has 3 aromatic heterocycles. The molecule has 1 aliphatic heterocycles. The van der Waals surface area contributed by atoms with Crippen LogP contribution in [0.4, 0.5) is 9.18 Å². The summed E-state index contributed by atoms with van der Waals surface area (Å²) in [6.45, 7) is 12.7. The van der Waals surface area contributed by atoms with E-state index in [0.29, 0.717) is 47.6 Å². The summed E-state index contributed by atoms with van der Waals surface area (Å²) in [5.41, 5.74) is 6.02. The molecule has 0 spiro atoms. The molecule has 0 radical (unpaired) electrons. The third kappa shape index (κ3) is 5.49. The van der Waals surface area contributed by atoms with Gasteiger partial charge in [0.05, 0.1) is 30.7 Å². The zero-order valence-electron chi connectivity index (χ0n) is 25.8. The fourth-order valence-electron chi connectivity index (χ4n) is 5.71. The molecular formula is C33H36FN7O3. The SMILES string of the molecule is Cc1c2c(nn1-c1ccc(Cn3c(=O)[nH]c4cnc(-c5cccc(F)c5C(C)C)nc43)cc1)CCN(C(=O)OC(C)(C)C)C2. The molecule has 4 heterocycles. The van der Waals surface area contributed by atoms with Crippen molar-refractivity contribution < 1.29 is 13.9 Å². The maximum atomic E-state index is 14.7. The first-order valence-electron chi connectivity index (χ1n) is 14.8. The van der Waals surface area contributed by atoms with E-state index in [1.165, 1.54) is 6.07 Å². The van der Waals surface area contributed by atoms with Crippen molar-refractivity contribution in [3.05, 3.63) is 93.0 Å². The molecule has 11 heteroatoms. The Bertz CT molecular complexity index is 1930. The number of aromatic nitrogens is 6. The zero-order valence-corrected chi connectivity index (χ0v) is 25.8. The Hall–Kier alpha value is -4.80. The van der Waals surface area contributed by atoms with Gasteiger partial charge in [0.15, 0.2) is 11.5 Å². The second-order valence-corrected chi connectivity index (χ2v) is 12.5. The number of rotatable bonds is 5. The Morgan fingerprint density at radius 1 is 1.14 bits per heavy atom. The van der Waals surface area contributed by atoms with Crippen LogP contribution in [0.2, 0.25) is 0 Å². The van der Waals surface area contributed by atoms with Crippen LogP contribution >= 0.6 is 0 Å². The number of nitrogens with zero attached hydrogens (tertiary/aromatic N) is 6. The van der Waals surface area contributed by atoms with E-state index in [2.05, 4.69) is 9.97 Å². The van der Waals surface area contributed by atoms with Crippen molar-refractivity contribution >= 4 is 17.3 Å². The Balaban J connectivity index is 1.26. The van der Waals surface area contributed by atoms with Crippen LogP contribution in [0.1, 0.15) is 68.6 Å². The van der Waals surface area contributed by atoms with Gasteiger partial charge in [-0.2, -0.15) is 5.10 Å². The number of aromatic amines is 1. The molecule has 1 aliphatic rings. The van der Waals surface area contributed by atoms with E-state index < -0.39 is 5.60 Å². The largest absolute Gasteiger partial charge is 0.444 e. The molecular weight excluding hydrogens is 561 g/mol. The molecule has 5 aromatic rings. The summed E-state index contributed by atoms with van der Waals surface area (Å²) in [6.07, 6.45) is 1.91. The van der Waals surface area contributed by atoms with Gasteiger partial charge in [-0.3, -0.25) is 4.57 Å². The molecule has 44 heavy (non-hydrogen) atoms. The number of imidazole rings is 1. The van der Waals surface area contributed by atoms with Crippen molar-refractivity contribution in [1.29, 1.82) is 0 Å². The van der Waals surface area contributed by atoms with Gasteiger partial charge < -0.3 is 14.6 Å². The highest BCUT2D eigenvalue weighted by Gasteiger charge is 2.29. The van der Waals surface area contributed by atoms with Crippen molar-refractivity contribution in [2.75, 3.05) is 6.54 Å². The average molecular weight is 598 g/mol. The summed E-state index contributed by atoms with van der Waals surface area (Å²) in [5.74, 6) is -0.00106. The smallest absolute Gasteiger partial charge is 0.410 e. The number of amides is 1. The highest BCUT2D eigenvalue weighted by molar-refractivity contribution is 5.74. The number of ether oxygens (including phenoxy) is 1. The summed E-state index contributed by atoms with van der Waals surface area (Å²) in [4.78, 5) is 39.3. The van der Waals surface area contributed by atoms with Gasteiger partial charge in [0.25, 0.3) is 0 Å². The van der Waals surface area contributed by atoms with Crippen LogP contribution in [-0.2, 0) is 24.2 Å². The lowest BCUT2D eigenvalue weighted by atomic mass is 9.96. The monoisotopic (exact) mass is 597 g/mol. The van der Waals surface area contributed by atoms with Crippen molar-refractivity contribution in [1.82, 2.24) is 34.2 Å². The molecule has 0 saturated heterocycles. The van der Waals surface area contributed by atoms with Crippen LogP contribution in [0.5, 0.6) is 0 Å². The molecule has 1 amide bonds. The van der Waals surface area contributed by atoms with Gasteiger partial charge in [-0.1, -0.05) is 38.1 Å². The van der Waals surface area contributed by atoms with Crippen LogP contribution in [0, 0.1) is 12.7 Å². The van der Waals surface area contributed by atoms with Gasteiger partial charge in [-0.25, -0.2) is 28.6 Å². The van der Waals surface area contributed by atoms with E-state index in [4.69, 9.17) is 14.8 Å². The van der Waals surface area contributed by atoms with Crippen molar-refractivity contribution in [2.45, 2.75) is 72.6 Å². The van der Waals surface area contributed by atoms with E-state index in [1.807, 2.05) is 70.5 Å². The maximum Gasteiger partial charge on any atom is 0.410 e. The third-order valence-corrected chi connectivity index (χ3v) is 7.85. The number of carbonyl (C=O) groups excluding carboxylic acids is 1. The number of hydrogen-bond acceptors (Lipinski definition) is 6. The fourth-order valence-corrected chi connectivity index (χ4v) is 5.71. The minimum Gasteiger partial charge on any atom is -0.444 e. The van der Waals surface area contributed by atoms with Crippen LogP contribution in [0.25, 0.3) is 28.2 Å². The number of benzene rings is 2. The van der Waals surface area contributed by atoms with Crippen molar-refractivity contribution in [3.8, 4) is 17.1 Å². The quantitative estimate of drug-likeness (QED) is 0.271. The number of H-pyrrole nitrogens is 1. The molecule has 1 N–H and O–H groups in total. The summed E-state index contributed by atoms with van der Waals surface area (Å²) < 4.78 is 23.7. The molecule has 0 saturated carbocycles. The first kappa shape index (κ1) is 29.3. The summed E-state index contributed by atoms with van der Waals surface area (Å²) in [5, 5.41) is 4.85. The van der Waals surface area contributed by atoms with E-state index in [0.717, 1.165) is 28.2 Å². The van der Waals surface area contributed by atoms with Gasteiger partial charge in [-0.15, -0.1) is 0 Å². The van der Waals surface area contributed by atoms with Crippen molar-refractivity contribution in [3.63, 3.8) is 0 Å². The highest BCUT2D eigenvalue weighted by atomic mass is 19.1. The lowest BCUT2D eigenvalue weighted by Crippen LogP contribution is -2.39. The molecule has 0 bridgehead atoms. The summed E-state index contributed by atoms with van der Waals surface area (Å²) in [6, 6.07) is 12.7. The molecule has 2 aromatic carbocycles. The minimum absolute atomic E-state index is 0.0645. The second kappa shape index (κ2) is 11.0. The van der Waals surface area contributed by atoms with Gasteiger partial charge >= 0.3 is 11.8 Å².